The van der Waals surface area contributed by atoms with Crippen LogP contribution in [-0.2, 0) is 20.7 Å². The van der Waals surface area contributed by atoms with Crippen LogP contribution in [0.4, 0.5) is 0 Å². The Bertz CT molecular complexity index is 651. The van der Waals surface area contributed by atoms with Crippen molar-refractivity contribution < 1.29 is 19.4 Å². The van der Waals surface area contributed by atoms with Crippen LogP contribution < -0.4 is 17.0 Å². The van der Waals surface area contributed by atoms with E-state index < -0.39 is 41.7 Å². The Morgan fingerprint density at radius 3 is 2.81 bits per heavy atom. The maximum atomic E-state index is 11.9. The van der Waals surface area contributed by atoms with Crippen molar-refractivity contribution in [1.82, 2.24) is 9.55 Å². The summed E-state index contributed by atoms with van der Waals surface area (Å²) in [5.41, 5.74) is 3.69. The minimum absolute atomic E-state index is 0.0367. The number of H-pyrrole nitrogens is 1. The number of carbonyl (C=O) groups excluding carboxylic acids is 1. The van der Waals surface area contributed by atoms with E-state index in [1.54, 1.807) is 6.92 Å². The van der Waals surface area contributed by atoms with Gasteiger partial charge in [0.25, 0.3) is 5.56 Å². The molecule has 9 nitrogen and oxygen atoms in total. The van der Waals surface area contributed by atoms with Crippen molar-refractivity contribution in [3.8, 4) is 0 Å². The molecule has 1 aromatic rings. The number of hydrogen-bond acceptors (Lipinski definition) is 6. The molecule has 0 saturated carbocycles. The average Bonchev–Trinajstić information content (AvgIpc) is 2.68. The highest BCUT2D eigenvalue weighted by molar-refractivity contribution is 5.76. The summed E-state index contributed by atoms with van der Waals surface area (Å²) in [4.78, 5) is 36.6. The third kappa shape index (κ3) is 2.89. The van der Waals surface area contributed by atoms with Gasteiger partial charge in [-0.15, -0.1) is 0 Å². The van der Waals surface area contributed by atoms with Crippen molar-refractivity contribution in [3.63, 3.8) is 0 Å². The van der Waals surface area contributed by atoms with E-state index >= 15 is 0 Å². The second-order valence-electron chi connectivity index (χ2n) is 4.89. The zero-order valence-corrected chi connectivity index (χ0v) is 11.6. The third-order valence-corrected chi connectivity index (χ3v) is 3.41. The lowest BCUT2D eigenvalue weighted by Gasteiger charge is -2.20. The van der Waals surface area contributed by atoms with Gasteiger partial charge in [0.15, 0.2) is 6.23 Å². The Morgan fingerprint density at radius 2 is 2.24 bits per heavy atom. The number of nitrogens with zero attached hydrogens (tertiary/aromatic N) is 1. The van der Waals surface area contributed by atoms with Gasteiger partial charge in [0, 0.05) is 18.9 Å². The van der Waals surface area contributed by atoms with E-state index in [0.717, 1.165) is 4.57 Å². The third-order valence-electron chi connectivity index (χ3n) is 3.41. The monoisotopic (exact) mass is 299 g/mol. The Labute approximate surface area is 119 Å². The molecule has 2 rings (SSSR count). The molecule has 1 fully saturated rings. The summed E-state index contributed by atoms with van der Waals surface area (Å²) >= 11 is 0. The van der Waals surface area contributed by atoms with Crippen LogP contribution in [0.5, 0.6) is 0 Å². The number of methoxy groups -OCH3 is 1. The number of nitrogens with one attached hydrogen (secondary N) is 1. The zero-order valence-electron chi connectivity index (χ0n) is 11.6. The largest absolute Gasteiger partial charge is 0.388 e. The van der Waals surface area contributed by atoms with Crippen molar-refractivity contribution in [1.29, 1.82) is 0 Å². The number of rotatable bonds is 4. The number of hydrogen-bond donors (Lipinski definition) is 3. The second-order valence-corrected chi connectivity index (χ2v) is 4.89. The molecule has 0 bridgehead atoms. The van der Waals surface area contributed by atoms with Crippen LogP contribution >= 0.6 is 0 Å². The van der Waals surface area contributed by atoms with Crippen LogP contribution in [0.25, 0.3) is 0 Å². The van der Waals surface area contributed by atoms with Gasteiger partial charge in [-0.05, 0) is 6.92 Å². The quantitative estimate of drug-likeness (QED) is 0.580. The fourth-order valence-corrected chi connectivity index (χ4v) is 2.32. The molecule has 4 atom stereocenters. The summed E-state index contributed by atoms with van der Waals surface area (Å²) in [6.45, 7) is 1.64. The van der Waals surface area contributed by atoms with Gasteiger partial charge in [-0.3, -0.25) is 19.1 Å². The van der Waals surface area contributed by atoms with E-state index in [0.29, 0.717) is 0 Å². The highest BCUT2D eigenvalue weighted by Gasteiger charge is 2.43. The molecule has 0 unspecified atom stereocenters. The van der Waals surface area contributed by atoms with Crippen LogP contribution in [-0.4, -0.2) is 46.0 Å². The Hall–Kier alpha value is -1.97. The number of carbonyl (C=O) groups is 1. The summed E-state index contributed by atoms with van der Waals surface area (Å²) in [5.74, 6) is -0.699. The topological polar surface area (TPSA) is 137 Å². The molecule has 9 heteroatoms. The number of aliphatic hydroxyl groups excluding tert-OH is 1. The maximum absolute atomic E-state index is 11.9. The van der Waals surface area contributed by atoms with Crippen LogP contribution in [0.15, 0.2) is 15.8 Å². The van der Waals surface area contributed by atoms with Gasteiger partial charge in [0.2, 0.25) is 5.91 Å². The van der Waals surface area contributed by atoms with Crippen molar-refractivity contribution in [2.45, 2.75) is 37.9 Å². The van der Waals surface area contributed by atoms with Gasteiger partial charge in [-0.1, -0.05) is 0 Å². The van der Waals surface area contributed by atoms with Gasteiger partial charge in [0.05, 0.1) is 12.5 Å². The van der Waals surface area contributed by atoms with Gasteiger partial charge in [0.1, 0.15) is 12.2 Å². The summed E-state index contributed by atoms with van der Waals surface area (Å²) in [6.07, 6.45) is -2.25. The standard InChI is InChI=1S/C12H17N3O6/c1-5-8(17)9(20-2)11(21-5)15-4-6(3-7(13)16)10(18)14-12(15)19/h4-5,8-9,11,17H,3H2,1-2H3,(H2,13,16)(H,14,18,19)/t5-,8-,9-,11-/m1/s1. The smallest absolute Gasteiger partial charge is 0.330 e. The highest BCUT2D eigenvalue weighted by atomic mass is 16.6. The molecule has 0 spiro atoms. The normalized spacial score (nSPS) is 28.7. The Kier molecular flexibility index (Phi) is 4.26. The van der Waals surface area contributed by atoms with E-state index in [4.69, 9.17) is 15.2 Å². The fraction of sp³-hybridized carbons (Fsp3) is 0.583. The summed E-state index contributed by atoms with van der Waals surface area (Å²) in [7, 11) is 1.38. The molecule has 0 radical (unpaired) electrons. The van der Waals surface area contributed by atoms with Crippen LogP contribution in [0.2, 0.25) is 0 Å². The predicted molar refractivity (Wildman–Crippen MR) is 70.6 cm³/mol. The van der Waals surface area contributed by atoms with Crippen LogP contribution in [0, 0.1) is 0 Å². The van der Waals surface area contributed by atoms with E-state index in [2.05, 4.69) is 4.98 Å². The van der Waals surface area contributed by atoms with Crippen LogP contribution in [0.1, 0.15) is 18.7 Å². The van der Waals surface area contributed by atoms with Crippen molar-refractivity contribution in [2.24, 2.45) is 5.73 Å². The number of aliphatic hydroxyl groups is 1. The number of amides is 1. The zero-order chi connectivity index (χ0) is 15.7. The predicted octanol–water partition coefficient (Wildman–Crippen LogP) is -2.14. The molecule has 2 heterocycles. The van der Waals surface area contributed by atoms with E-state index in [1.165, 1.54) is 13.3 Å². The molecular formula is C12H17N3O6. The van der Waals surface area contributed by atoms with Crippen LogP contribution in [0.3, 0.4) is 0 Å². The lowest BCUT2D eigenvalue weighted by atomic mass is 10.1. The molecule has 0 aliphatic carbocycles. The minimum Gasteiger partial charge on any atom is -0.388 e. The van der Waals surface area contributed by atoms with Gasteiger partial charge in [-0.2, -0.15) is 0 Å². The second kappa shape index (κ2) is 5.80. The minimum atomic E-state index is -0.918. The molecular weight excluding hydrogens is 282 g/mol. The highest BCUT2D eigenvalue weighted by Crippen LogP contribution is 2.30. The number of aromatic amines is 1. The first-order valence-corrected chi connectivity index (χ1v) is 6.34. The molecule has 1 saturated heterocycles. The van der Waals surface area contributed by atoms with E-state index in [9.17, 15) is 19.5 Å². The number of ether oxygens (including phenoxy) is 2. The molecule has 1 aliphatic rings. The maximum Gasteiger partial charge on any atom is 0.330 e. The van der Waals surface area contributed by atoms with Crippen molar-refractivity contribution >= 4 is 5.91 Å². The average molecular weight is 299 g/mol. The molecule has 0 aromatic carbocycles. The first-order valence-electron chi connectivity index (χ1n) is 6.34. The van der Waals surface area contributed by atoms with Gasteiger partial charge in [-0.25, -0.2) is 4.79 Å². The molecule has 116 valence electrons. The lowest BCUT2D eigenvalue weighted by Crippen LogP contribution is -2.40. The van der Waals surface area contributed by atoms with Crippen molar-refractivity contribution in [2.75, 3.05) is 7.11 Å². The number of primary amides is 1. The van der Waals surface area contributed by atoms with E-state index in [-0.39, 0.29) is 12.0 Å². The number of aromatic nitrogens is 2. The molecule has 1 aliphatic heterocycles. The fourth-order valence-electron chi connectivity index (χ4n) is 2.32. The Balaban J connectivity index is 2.46. The summed E-state index contributed by atoms with van der Waals surface area (Å²) < 4.78 is 11.7. The molecule has 1 amide bonds. The van der Waals surface area contributed by atoms with Gasteiger partial charge >= 0.3 is 5.69 Å². The Morgan fingerprint density at radius 1 is 1.57 bits per heavy atom. The summed E-state index contributed by atoms with van der Waals surface area (Å²) in [5, 5.41) is 9.94. The SMILES string of the molecule is CO[C@@H]1[C@H](O)[C@@H](C)O[C@H]1n1cc(CC(N)=O)c(=O)[nH]c1=O. The lowest BCUT2D eigenvalue weighted by molar-refractivity contribution is -0.117. The van der Waals surface area contributed by atoms with E-state index in [1.807, 2.05) is 0 Å². The molecule has 1 aromatic heterocycles. The first-order chi connectivity index (χ1) is 9.85. The summed E-state index contributed by atoms with van der Waals surface area (Å²) in [6, 6.07) is 0. The van der Waals surface area contributed by atoms with Crippen molar-refractivity contribution in [3.05, 3.63) is 32.6 Å². The number of nitrogens with two attached hydrogens (primary N) is 1. The van der Waals surface area contributed by atoms with Gasteiger partial charge < -0.3 is 20.3 Å². The molecule has 4 N–H and O–H groups in total. The first kappa shape index (κ1) is 15.4. The molecule has 21 heavy (non-hydrogen) atoms.